The molecule has 1 aromatic rings. The van der Waals surface area contributed by atoms with Crippen LogP contribution in [-0.2, 0) is 9.84 Å². The lowest BCUT2D eigenvalue weighted by Gasteiger charge is -2.22. The molecule has 3 N–H and O–H groups in total. The molecule has 1 saturated heterocycles. The Hall–Kier alpha value is -2.50. The van der Waals surface area contributed by atoms with E-state index in [1.165, 1.54) is 4.90 Å². The zero-order valence-electron chi connectivity index (χ0n) is 15.1. The summed E-state index contributed by atoms with van der Waals surface area (Å²) in [6.07, 6.45) is -5.56. The Morgan fingerprint density at radius 1 is 1.43 bits per heavy atom. The molecule has 0 bridgehead atoms. The third kappa shape index (κ3) is 4.86. The average molecular weight is 423 g/mol. The highest BCUT2D eigenvalue weighted by Gasteiger charge is 2.39. The van der Waals surface area contributed by atoms with E-state index in [0.717, 1.165) is 31.4 Å². The van der Waals surface area contributed by atoms with Crippen LogP contribution < -0.4 is 10.5 Å². The molecule has 1 unspecified atom stereocenters. The monoisotopic (exact) mass is 423 g/mol. The Morgan fingerprint density at radius 2 is 2.07 bits per heavy atom. The largest absolute Gasteiger partial charge is 0.480 e. The normalized spacial score (nSPS) is 19.5. The van der Waals surface area contributed by atoms with Crippen LogP contribution in [0.2, 0.25) is 0 Å². The van der Waals surface area contributed by atoms with Gasteiger partial charge in [-0.05, 0) is 31.5 Å². The number of benzene rings is 1. The number of carbonyl (C=O) groups excluding carboxylic acids is 1. The van der Waals surface area contributed by atoms with Gasteiger partial charge in [0.25, 0.3) is 5.91 Å². The summed E-state index contributed by atoms with van der Waals surface area (Å²) >= 11 is 0. The van der Waals surface area contributed by atoms with Gasteiger partial charge in [-0.25, -0.2) is 8.42 Å². The van der Waals surface area contributed by atoms with Crippen LogP contribution in [-0.4, -0.2) is 61.9 Å². The van der Waals surface area contributed by atoms with Crippen molar-refractivity contribution in [2.45, 2.75) is 30.5 Å². The average Bonchev–Trinajstić information content (AvgIpc) is 3.09. The first-order chi connectivity index (χ1) is 12.8. The van der Waals surface area contributed by atoms with Gasteiger partial charge in [0.05, 0.1) is 10.5 Å². The molecule has 0 saturated carbocycles. The summed E-state index contributed by atoms with van der Waals surface area (Å²) in [7, 11) is -3.70. The van der Waals surface area contributed by atoms with Crippen LogP contribution in [0, 0.1) is 5.92 Å². The Bertz CT molecular complexity index is 886. The summed E-state index contributed by atoms with van der Waals surface area (Å²) in [5.74, 6) is -1.56. The summed E-state index contributed by atoms with van der Waals surface area (Å²) in [6.45, 7) is 1.06. The molecular formula is C16H20F3N3O5S. The Labute approximate surface area is 159 Å². The number of hydrogen-bond acceptors (Lipinski definition) is 6. The summed E-state index contributed by atoms with van der Waals surface area (Å²) < 4.78 is 67.0. The zero-order chi connectivity index (χ0) is 21.3. The molecule has 2 atom stereocenters. The van der Waals surface area contributed by atoms with E-state index in [9.17, 15) is 26.4 Å². The Morgan fingerprint density at radius 3 is 2.61 bits per heavy atom. The fourth-order valence-electron chi connectivity index (χ4n) is 2.71. The number of nitrogens with two attached hydrogens (primary N) is 1. The number of amides is 1. The lowest BCUT2D eigenvalue weighted by Crippen LogP contribution is -2.34. The van der Waals surface area contributed by atoms with Crippen molar-refractivity contribution in [1.82, 2.24) is 4.90 Å². The number of likely N-dealkylation sites (tertiary alicyclic amines) is 1. The number of hydrogen-bond donors (Lipinski definition) is 2. The molecule has 1 heterocycles. The first kappa shape index (κ1) is 21.8. The van der Waals surface area contributed by atoms with Crippen LogP contribution in [0.3, 0.4) is 0 Å². The minimum Gasteiger partial charge on any atom is -0.480 e. The van der Waals surface area contributed by atoms with E-state index in [4.69, 9.17) is 15.7 Å². The van der Waals surface area contributed by atoms with Crippen LogP contribution in [0.15, 0.2) is 28.3 Å². The van der Waals surface area contributed by atoms with E-state index in [1.54, 1.807) is 0 Å². The molecule has 28 heavy (non-hydrogen) atoms. The van der Waals surface area contributed by atoms with Gasteiger partial charge in [-0.3, -0.25) is 4.79 Å². The highest BCUT2D eigenvalue weighted by atomic mass is 32.2. The molecule has 0 spiro atoms. The first-order valence-electron chi connectivity index (χ1n) is 8.18. The second-order valence-electron chi connectivity index (χ2n) is 6.49. The second-order valence-corrected chi connectivity index (χ2v) is 8.51. The van der Waals surface area contributed by atoms with Gasteiger partial charge in [0, 0.05) is 25.3 Å². The number of oxime groups is 1. The van der Waals surface area contributed by atoms with Crippen molar-refractivity contribution in [2.75, 3.05) is 19.3 Å². The van der Waals surface area contributed by atoms with Gasteiger partial charge in [0.1, 0.15) is 11.6 Å². The molecule has 0 radical (unpaired) electrons. The number of rotatable bonds is 5. The topological polar surface area (TPSA) is 122 Å². The van der Waals surface area contributed by atoms with Crippen molar-refractivity contribution >= 4 is 21.6 Å². The Kier molecular flexibility index (Phi) is 6.12. The number of alkyl halides is 3. The summed E-state index contributed by atoms with van der Waals surface area (Å²) in [6, 6.07) is 3.10. The van der Waals surface area contributed by atoms with E-state index in [-0.39, 0.29) is 35.1 Å². The highest BCUT2D eigenvalue weighted by molar-refractivity contribution is 7.90. The molecule has 1 aromatic carbocycles. The second kappa shape index (κ2) is 7.86. The summed E-state index contributed by atoms with van der Waals surface area (Å²) in [5, 5.41) is 11.6. The van der Waals surface area contributed by atoms with E-state index in [1.807, 2.05) is 0 Å². The smallest absolute Gasteiger partial charge is 0.425 e. The van der Waals surface area contributed by atoms with Crippen LogP contribution in [0.4, 0.5) is 13.2 Å². The molecule has 0 aromatic heterocycles. The molecule has 1 amide bonds. The van der Waals surface area contributed by atoms with Crippen LogP contribution in [0.5, 0.6) is 5.75 Å². The quantitative estimate of drug-likeness (QED) is 0.321. The number of carbonyl (C=O) groups is 1. The van der Waals surface area contributed by atoms with Gasteiger partial charge >= 0.3 is 6.18 Å². The maximum Gasteiger partial charge on any atom is 0.425 e. The molecule has 156 valence electrons. The molecular weight excluding hydrogens is 403 g/mol. The van der Waals surface area contributed by atoms with Crippen LogP contribution >= 0.6 is 0 Å². The molecule has 8 nitrogen and oxygen atoms in total. The van der Waals surface area contributed by atoms with Crippen molar-refractivity contribution in [3.63, 3.8) is 0 Å². The minimum atomic E-state index is -4.67. The van der Waals surface area contributed by atoms with E-state index < -0.39 is 33.9 Å². The number of sulfone groups is 1. The van der Waals surface area contributed by atoms with Gasteiger partial charge in [0.15, 0.2) is 15.9 Å². The van der Waals surface area contributed by atoms with Crippen molar-refractivity contribution in [3.05, 3.63) is 23.8 Å². The first-order valence-corrected chi connectivity index (χ1v) is 10.1. The minimum absolute atomic E-state index is 0.0673. The molecule has 1 aliphatic heterocycles. The summed E-state index contributed by atoms with van der Waals surface area (Å²) in [4.78, 5) is 13.9. The SMILES string of the molecule is C[C@H](Oc1ccc(S(C)(=O)=O)cc1C(=O)N1CCC(C(N)=NO)C1)C(F)(F)F. The van der Waals surface area contributed by atoms with Crippen molar-refractivity contribution in [2.24, 2.45) is 16.8 Å². The fourth-order valence-corrected chi connectivity index (χ4v) is 3.35. The number of nitrogens with zero attached hydrogens (tertiary/aromatic N) is 2. The predicted octanol–water partition coefficient (Wildman–Crippen LogP) is 1.63. The number of ether oxygens (including phenoxy) is 1. The van der Waals surface area contributed by atoms with Crippen LogP contribution in [0.1, 0.15) is 23.7 Å². The van der Waals surface area contributed by atoms with Crippen molar-refractivity contribution < 1.29 is 36.3 Å². The molecule has 1 aliphatic rings. The van der Waals surface area contributed by atoms with Gasteiger partial charge < -0.3 is 20.6 Å². The highest BCUT2D eigenvalue weighted by Crippen LogP contribution is 2.31. The lowest BCUT2D eigenvalue weighted by atomic mass is 10.1. The van der Waals surface area contributed by atoms with Gasteiger partial charge in [0.2, 0.25) is 0 Å². The maximum absolute atomic E-state index is 12.9. The zero-order valence-corrected chi connectivity index (χ0v) is 15.9. The van der Waals surface area contributed by atoms with E-state index in [2.05, 4.69) is 5.16 Å². The van der Waals surface area contributed by atoms with Crippen molar-refractivity contribution in [1.29, 1.82) is 0 Å². The Balaban J connectivity index is 2.40. The van der Waals surface area contributed by atoms with Crippen molar-refractivity contribution in [3.8, 4) is 5.75 Å². The molecule has 1 fully saturated rings. The van der Waals surface area contributed by atoms with E-state index >= 15 is 0 Å². The number of halogens is 3. The standard InChI is InChI=1S/C16H20F3N3O5S/c1-9(16(17,18)19)27-13-4-3-11(28(2,25)26)7-12(13)15(23)22-6-5-10(8-22)14(20)21-24/h3-4,7,9-10,24H,5-6,8H2,1-2H3,(H2,20,21)/t9-,10?/m0/s1. The van der Waals surface area contributed by atoms with Gasteiger partial charge in [-0.1, -0.05) is 5.16 Å². The maximum atomic E-state index is 12.9. The fraction of sp³-hybridized carbons (Fsp3) is 0.500. The molecule has 0 aliphatic carbocycles. The lowest BCUT2D eigenvalue weighted by molar-refractivity contribution is -0.189. The van der Waals surface area contributed by atoms with Gasteiger partial charge in [-0.15, -0.1) is 0 Å². The number of amidine groups is 1. The van der Waals surface area contributed by atoms with Crippen LogP contribution in [0.25, 0.3) is 0 Å². The molecule has 12 heteroatoms. The van der Waals surface area contributed by atoms with E-state index in [0.29, 0.717) is 6.42 Å². The third-order valence-corrected chi connectivity index (χ3v) is 5.49. The predicted molar refractivity (Wildman–Crippen MR) is 93.1 cm³/mol. The van der Waals surface area contributed by atoms with Gasteiger partial charge in [-0.2, -0.15) is 13.2 Å². The third-order valence-electron chi connectivity index (χ3n) is 4.38. The molecule has 2 rings (SSSR count). The summed E-state index contributed by atoms with van der Waals surface area (Å²) in [5.41, 5.74) is 5.23.